The van der Waals surface area contributed by atoms with E-state index < -0.39 is 17.7 Å². The van der Waals surface area contributed by atoms with Crippen LogP contribution in [0.25, 0.3) is 0 Å². The number of aromatic nitrogens is 1. The molecule has 0 aromatic carbocycles. The topological polar surface area (TPSA) is 77.5 Å². The van der Waals surface area contributed by atoms with Gasteiger partial charge in [-0.1, -0.05) is 0 Å². The molecule has 2 rings (SSSR count). The van der Waals surface area contributed by atoms with E-state index in [0.717, 1.165) is 0 Å². The monoisotopic (exact) mass is 254 g/mol. The van der Waals surface area contributed by atoms with E-state index in [9.17, 15) is 9.59 Å². The molecule has 1 aromatic heterocycles. The lowest BCUT2D eigenvalue weighted by molar-refractivity contribution is -0.222. The van der Waals surface area contributed by atoms with Gasteiger partial charge in [0.25, 0.3) is 5.79 Å². The molecule has 2 heterocycles. The van der Waals surface area contributed by atoms with E-state index in [1.54, 1.807) is 11.6 Å². The Bertz CT molecular complexity index is 457. The highest BCUT2D eigenvalue weighted by Gasteiger charge is 2.38. The first-order chi connectivity index (χ1) is 7.98. The summed E-state index contributed by atoms with van der Waals surface area (Å²) in [5, 5.41) is 5.06. The Morgan fingerprint density at radius 1 is 1.35 bits per heavy atom. The maximum absolute atomic E-state index is 11.5. The highest BCUT2D eigenvalue weighted by Crippen LogP contribution is 2.22. The molecule has 1 aromatic rings. The fraction of sp³-hybridized carbons (Fsp3) is 0.300. The summed E-state index contributed by atoms with van der Waals surface area (Å²) < 4.78 is 9.84. The van der Waals surface area contributed by atoms with Crippen LogP contribution in [0.15, 0.2) is 23.3 Å². The summed E-state index contributed by atoms with van der Waals surface area (Å²) in [6.45, 7) is 2.99. The van der Waals surface area contributed by atoms with Crippen molar-refractivity contribution in [1.82, 2.24) is 4.98 Å². The summed E-state index contributed by atoms with van der Waals surface area (Å²) in [5.41, 5.74) is -0.181. The molecule has 1 fully saturated rings. The fourth-order valence-electron chi connectivity index (χ4n) is 1.21. The molecule has 6 nitrogen and oxygen atoms in total. The van der Waals surface area contributed by atoms with Crippen molar-refractivity contribution < 1.29 is 19.1 Å². The Kier molecular flexibility index (Phi) is 2.84. The molecule has 0 amide bonds. The van der Waals surface area contributed by atoms with E-state index in [4.69, 9.17) is 9.47 Å². The lowest BCUT2D eigenvalue weighted by atomic mass is 10.2. The standard InChI is InChI=1S/C10H10N2O4S/c1-10(2)15-7(13)6(8(14)16-10)5-12-9-11-3-4-17-9/h3-5H,1-2H3,(H,11,12). The summed E-state index contributed by atoms with van der Waals surface area (Å²) in [6.07, 6.45) is 2.84. The van der Waals surface area contributed by atoms with Crippen molar-refractivity contribution in [2.24, 2.45) is 0 Å². The summed E-state index contributed by atoms with van der Waals surface area (Å²) in [5.74, 6) is -2.64. The number of hydrogen-bond acceptors (Lipinski definition) is 7. The van der Waals surface area contributed by atoms with Gasteiger partial charge in [0.05, 0.1) is 0 Å². The van der Waals surface area contributed by atoms with Gasteiger partial charge >= 0.3 is 11.9 Å². The zero-order valence-electron chi connectivity index (χ0n) is 9.22. The lowest BCUT2D eigenvalue weighted by Gasteiger charge is -2.29. The Labute approximate surface area is 101 Å². The number of carbonyl (C=O) groups excluding carboxylic acids is 2. The van der Waals surface area contributed by atoms with Crippen molar-refractivity contribution in [2.45, 2.75) is 19.6 Å². The SMILES string of the molecule is CC1(C)OC(=O)C(=CNc2nccs2)C(=O)O1. The Hall–Kier alpha value is -1.89. The van der Waals surface area contributed by atoms with Crippen LogP contribution in [0.3, 0.4) is 0 Å². The molecule has 1 aliphatic heterocycles. The zero-order chi connectivity index (χ0) is 12.5. The van der Waals surface area contributed by atoms with Gasteiger partial charge in [-0.2, -0.15) is 0 Å². The molecular weight excluding hydrogens is 244 g/mol. The Morgan fingerprint density at radius 3 is 2.53 bits per heavy atom. The molecule has 0 spiro atoms. The zero-order valence-corrected chi connectivity index (χ0v) is 10.0. The van der Waals surface area contributed by atoms with Crippen molar-refractivity contribution in [3.63, 3.8) is 0 Å². The molecule has 7 heteroatoms. The highest BCUT2D eigenvalue weighted by molar-refractivity contribution is 7.13. The van der Waals surface area contributed by atoms with Crippen LogP contribution in [-0.2, 0) is 19.1 Å². The van der Waals surface area contributed by atoms with Crippen molar-refractivity contribution in [1.29, 1.82) is 0 Å². The predicted octanol–water partition coefficient (Wildman–Crippen LogP) is 1.27. The first-order valence-corrected chi connectivity index (χ1v) is 5.69. The van der Waals surface area contributed by atoms with Crippen molar-refractivity contribution >= 4 is 28.4 Å². The van der Waals surface area contributed by atoms with Gasteiger partial charge in [-0.3, -0.25) is 0 Å². The maximum atomic E-state index is 11.5. The van der Waals surface area contributed by atoms with Gasteiger partial charge < -0.3 is 14.8 Å². The third-order valence-electron chi connectivity index (χ3n) is 1.89. The predicted molar refractivity (Wildman–Crippen MR) is 60.1 cm³/mol. The quantitative estimate of drug-likeness (QED) is 0.486. The number of carbonyl (C=O) groups is 2. The van der Waals surface area contributed by atoms with E-state index in [-0.39, 0.29) is 5.57 Å². The average Bonchev–Trinajstić information content (AvgIpc) is 2.67. The van der Waals surface area contributed by atoms with Crippen LogP contribution in [0.1, 0.15) is 13.8 Å². The Morgan fingerprint density at radius 2 is 2.00 bits per heavy atom. The van der Waals surface area contributed by atoms with Gasteiger partial charge in [-0.15, -0.1) is 11.3 Å². The van der Waals surface area contributed by atoms with E-state index in [2.05, 4.69) is 10.3 Å². The molecule has 0 atom stereocenters. The number of nitrogens with one attached hydrogen (secondary N) is 1. The van der Waals surface area contributed by atoms with E-state index in [1.807, 2.05) is 0 Å². The molecule has 17 heavy (non-hydrogen) atoms. The first kappa shape index (κ1) is 11.6. The number of esters is 2. The molecule has 0 aliphatic carbocycles. The second-order valence-corrected chi connectivity index (χ2v) is 4.61. The number of ether oxygens (including phenoxy) is 2. The van der Waals surface area contributed by atoms with Crippen molar-refractivity contribution in [3.05, 3.63) is 23.3 Å². The first-order valence-electron chi connectivity index (χ1n) is 4.81. The van der Waals surface area contributed by atoms with Crippen LogP contribution in [0.4, 0.5) is 5.13 Å². The number of anilines is 1. The van der Waals surface area contributed by atoms with Crippen LogP contribution in [0, 0.1) is 0 Å². The van der Waals surface area contributed by atoms with Gasteiger partial charge in [0.2, 0.25) is 0 Å². The number of cyclic esters (lactones) is 2. The average molecular weight is 254 g/mol. The number of nitrogens with zero attached hydrogens (tertiary/aromatic N) is 1. The third kappa shape index (κ3) is 2.62. The summed E-state index contributed by atoms with van der Waals surface area (Å²) >= 11 is 1.34. The molecule has 90 valence electrons. The molecule has 0 bridgehead atoms. The van der Waals surface area contributed by atoms with Crippen LogP contribution >= 0.6 is 11.3 Å². The second-order valence-electron chi connectivity index (χ2n) is 3.72. The number of thiazole rings is 1. The van der Waals surface area contributed by atoms with Crippen molar-refractivity contribution in [2.75, 3.05) is 5.32 Å². The molecule has 0 radical (unpaired) electrons. The van der Waals surface area contributed by atoms with Gasteiger partial charge in [0, 0.05) is 31.6 Å². The van der Waals surface area contributed by atoms with Crippen molar-refractivity contribution in [3.8, 4) is 0 Å². The van der Waals surface area contributed by atoms with E-state index >= 15 is 0 Å². The number of rotatable bonds is 2. The maximum Gasteiger partial charge on any atom is 0.350 e. The summed E-state index contributed by atoms with van der Waals surface area (Å²) in [7, 11) is 0. The summed E-state index contributed by atoms with van der Waals surface area (Å²) in [6, 6.07) is 0. The van der Waals surface area contributed by atoms with Crippen LogP contribution in [0.2, 0.25) is 0 Å². The largest absolute Gasteiger partial charge is 0.419 e. The molecule has 0 unspecified atom stereocenters. The molecule has 1 aliphatic rings. The van der Waals surface area contributed by atoms with E-state index in [0.29, 0.717) is 5.13 Å². The van der Waals surface area contributed by atoms with Gasteiger partial charge in [0.15, 0.2) is 10.7 Å². The minimum Gasteiger partial charge on any atom is -0.419 e. The minimum absolute atomic E-state index is 0.181. The second kappa shape index (κ2) is 4.17. The molecule has 0 saturated carbocycles. The molecule has 1 N–H and O–H groups in total. The minimum atomic E-state index is -1.22. The highest BCUT2D eigenvalue weighted by atomic mass is 32.1. The smallest absolute Gasteiger partial charge is 0.350 e. The Balaban J connectivity index is 2.13. The molecule has 1 saturated heterocycles. The lowest BCUT2D eigenvalue weighted by Crippen LogP contribution is -2.42. The van der Waals surface area contributed by atoms with E-state index in [1.165, 1.54) is 31.4 Å². The fourth-order valence-corrected chi connectivity index (χ4v) is 1.71. The van der Waals surface area contributed by atoms with Gasteiger partial charge in [-0.05, 0) is 0 Å². The van der Waals surface area contributed by atoms with Crippen LogP contribution in [0.5, 0.6) is 0 Å². The molecular formula is C10H10N2O4S. The van der Waals surface area contributed by atoms with Gasteiger partial charge in [-0.25, -0.2) is 14.6 Å². The third-order valence-corrected chi connectivity index (χ3v) is 2.59. The van der Waals surface area contributed by atoms with Crippen LogP contribution in [-0.4, -0.2) is 22.7 Å². The number of hydrogen-bond donors (Lipinski definition) is 1. The van der Waals surface area contributed by atoms with Gasteiger partial charge in [0.1, 0.15) is 0 Å². The van der Waals surface area contributed by atoms with Crippen LogP contribution < -0.4 is 5.32 Å². The normalized spacial score (nSPS) is 18.4. The summed E-state index contributed by atoms with van der Waals surface area (Å²) in [4.78, 5) is 27.0.